The zero-order valence-corrected chi connectivity index (χ0v) is 7.28. The van der Waals surface area contributed by atoms with Gasteiger partial charge in [-0.2, -0.15) is 0 Å². The Morgan fingerprint density at radius 2 is 2.15 bits per heavy atom. The molecule has 4 nitrogen and oxygen atoms in total. The van der Waals surface area contributed by atoms with Gasteiger partial charge in [-0.1, -0.05) is 0 Å². The first-order valence-electron chi connectivity index (χ1n) is 3.98. The molecule has 0 aromatic heterocycles. The van der Waals surface area contributed by atoms with Crippen LogP contribution in [0.4, 0.5) is 13.6 Å². The van der Waals surface area contributed by atoms with E-state index >= 15 is 0 Å². The largest absolute Gasteiger partial charge is 0.465 e. The van der Waals surface area contributed by atoms with Crippen molar-refractivity contribution in [2.24, 2.45) is 0 Å². The number of halogens is 2. The number of piperazine rings is 1. The van der Waals surface area contributed by atoms with Gasteiger partial charge in [-0.15, -0.1) is 0 Å². The molecule has 6 heteroatoms. The van der Waals surface area contributed by atoms with E-state index in [-0.39, 0.29) is 6.54 Å². The topological polar surface area (TPSA) is 43.8 Å². The molecule has 1 atom stereocenters. The summed E-state index contributed by atoms with van der Waals surface area (Å²) in [6, 6.07) is -0.968. The molecule has 1 fully saturated rings. The summed E-state index contributed by atoms with van der Waals surface area (Å²) >= 11 is 0. The third-order valence-corrected chi connectivity index (χ3v) is 2.26. The number of carbonyl (C=O) groups is 1. The van der Waals surface area contributed by atoms with Crippen molar-refractivity contribution in [1.82, 2.24) is 9.80 Å². The lowest BCUT2D eigenvalue weighted by atomic mass is 10.2. The molecule has 1 aliphatic heterocycles. The smallest absolute Gasteiger partial charge is 0.407 e. The van der Waals surface area contributed by atoms with Crippen LogP contribution >= 0.6 is 0 Å². The maximum atomic E-state index is 12.3. The minimum Gasteiger partial charge on any atom is -0.465 e. The number of amides is 1. The second kappa shape index (κ2) is 3.87. The molecule has 0 unspecified atom stereocenters. The molecule has 0 aromatic rings. The van der Waals surface area contributed by atoms with E-state index in [1.807, 2.05) is 0 Å². The van der Waals surface area contributed by atoms with Crippen molar-refractivity contribution in [3.8, 4) is 0 Å². The molecule has 1 amide bonds. The van der Waals surface area contributed by atoms with Crippen molar-refractivity contribution < 1.29 is 18.7 Å². The van der Waals surface area contributed by atoms with Gasteiger partial charge in [0.15, 0.2) is 0 Å². The average molecular weight is 194 g/mol. The lowest BCUT2D eigenvalue weighted by Gasteiger charge is -2.37. The highest BCUT2D eigenvalue weighted by atomic mass is 19.3. The standard InChI is InChI=1S/C7H12F2N2O2/c1-10-2-3-11(7(12)13)4-5(10)6(8)9/h5-6H,2-4H2,1H3,(H,12,13)/t5-/m1/s1. The molecule has 0 saturated carbocycles. The van der Waals surface area contributed by atoms with Crippen molar-refractivity contribution in [3.63, 3.8) is 0 Å². The molecule has 1 saturated heterocycles. The molecular weight excluding hydrogens is 182 g/mol. The van der Waals surface area contributed by atoms with Crippen LogP contribution in [0.25, 0.3) is 0 Å². The van der Waals surface area contributed by atoms with Crippen LogP contribution in [-0.2, 0) is 0 Å². The third kappa shape index (κ3) is 2.27. The van der Waals surface area contributed by atoms with Gasteiger partial charge in [-0.05, 0) is 7.05 Å². The van der Waals surface area contributed by atoms with Crippen molar-refractivity contribution >= 4 is 6.09 Å². The molecule has 0 spiro atoms. The van der Waals surface area contributed by atoms with Crippen LogP contribution in [-0.4, -0.2) is 60.1 Å². The second-order valence-electron chi connectivity index (χ2n) is 3.11. The third-order valence-electron chi connectivity index (χ3n) is 2.26. The van der Waals surface area contributed by atoms with Crippen molar-refractivity contribution in [3.05, 3.63) is 0 Å². The van der Waals surface area contributed by atoms with E-state index in [1.54, 1.807) is 7.05 Å². The van der Waals surface area contributed by atoms with Gasteiger partial charge in [0.25, 0.3) is 6.43 Å². The predicted octanol–water partition coefficient (Wildman–Crippen LogP) is 0.545. The summed E-state index contributed by atoms with van der Waals surface area (Å²) in [6.45, 7) is 0.555. The summed E-state index contributed by atoms with van der Waals surface area (Å²) in [5.74, 6) is 0. The van der Waals surface area contributed by atoms with Crippen LogP contribution in [0, 0.1) is 0 Å². The Hall–Kier alpha value is -0.910. The molecule has 13 heavy (non-hydrogen) atoms. The number of hydrogen-bond donors (Lipinski definition) is 1. The number of hydrogen-bond acceptors (Lipinski definition) is 2. The van der Waals surface area contributed by atoms with E-state index in [2.05, 4.69) is 0 Å². The Balaban J connectivity index is 2.58. The van der Waals surface area contributed by atoms with Crippen LogP contribution in [0.2, 0.25) is 0 Å². The molecule has 1 rings (SSSR count). The first-order valence-corrected chi connectivity index (χ1v) is 3.98. The van der Waals surface area contributed by atoms with Crippen LogP contribution in [0.15, 0.2) is 0 Å². The molecule has 0 aromatic carbocycles. The van der Waals surface area contributed by atoms with E-state index < -0.39 is 18.6 Å². The lowest BCUT2D eigenvalue weighted by molar-refractivity contribution is -0.00682. The fourth-order valence-corrected chi connectivity index (χ4v) is 1.35. The fraction of sp³-hybridized carbons (Fsp3) is 0.857. The van der Waals surface area contributed by atoms with Crippen LogP contribution in [0.3, 0.4) is 0 Å². The number of likely N-dealkylation sites (N-methyl/N-ethyl adjacent to an activating group) is 1. The van der Waals surface area contributed by atoms with Crippen LogP contribution < -0.4 is 0 Å². The Kier molecular flexibility index (Phi) is 3.02. The number of alkyl halides is 2. The monoisotopic (exact) mass is 194 g/mol. The van der Waals surface area contributed by atoms with Gasteiger partial charge in [0.05, 0.1) is 6.04 Å². The molecule has 0 radical (unpaired) electrons. The number of carboxylic acid groups (broad SMARTS) is 1. The first-order chi connectivity index (χ1) is 6.02. The van der Waals surface area contributed by atoms with Gasteiger partial charge >= 0.3 is 6.09 Å². The van der Waals surface area contributed by atoms with Crippen molar-refractivity contribution in [1.29, 1.82) is 0 Å². The second-order valence-corrected chi connectivity index (χ2v) is 3.11. The predicted molar refractivity (Wildman–Crippen MR) is 42.0 cm³/mol. The van der Waals surface area contributed by atoms with Crippen LogP contribution in [0.1, 0.15) is 0 Å². The normalized spacial score (nSPS) is 25.2. The summed E-state index contributed by atoms with van der Waals surface area (Å²) in [7, 11) is 1.58. The van der Waals surface area contributed by atoms with E-state index in [4.69, 9.17) is 5.11 Å². The summed E-state index contributed by atoms with van der Waals surface area (Å²) in [5.41, 5.74) is 0. The first kappa shape index (κ1) is 10.2. The van der Waals surface area contributed by atoms with Gasteiger partial charge in [0, 0.05) is 19.6 Å². The van der Waals surface area contributed by atoms with E-state index in [9.17, 15) is 13.6 Å². The SMILES string of the molecule is CN1CCN(C(=O)O)C[C@@H]1C(F)F. The number of rotatable bonds is 1. The Morgan fingerprint density at radius 3 is 2.62 bits per heavy atom. The summed E-state index contributed by atoms with van der Waals surface area (Å²) < 4.78 is 24.7. The zero-order chi connectivity index (χ0) is 10.0. The summed E-state index contributed by atoms with van der Waals surface area (Å²) in [6.07, 6.45) is -3.62. The van der Waals surface area contributed by atoms with E-state index in [0.29, 0.717) is 13.1 Å². The van der Waals surface area contributed by atoms with Gasteiger partial charge < -0.3 is 10.0 Å². The quantitative estimate of drug-likeness (QED) is 0.662. The molecular formula is C7H12F2N2O2. The maximum Gasteiger partial charge on any atom is 0.407 e. The molecule has 1 heterocycles. The summed E-state index contributed by atoms with van der Waals surface area (Å²) in [4.78, 5) is 13.0. The highest BCUT2D eigenvalue weighted by Crippen LogP contribution is 2.14. The molecule has 1 N–H and O–H groups in total. The minimum atomic E-state index is -2.49. The average Bonchev–Trinajstić information content (AvgIpc) is 2.04. The molecule has 76 valence electrons. The highest BCUT2D eigenvalue weighted by molar-refractivity contribution is 5.65. The highest BCUT2D eigenvalue weighted by Gasteiger charge is 2.32. The van der Waals surface area contributed by atoms with Gasteiger partial charge in [-0.3, -0.25) is 4.90 Å². The Bertz CT molecular complexity index is 201. The lowest BCUT2D eigenvalue weighted by Crippen LogP contribution is -2.55. The Morgan fingerprint density at radius 1 is 1.54 bits per heavy atom. The van der Waals surface area contributed by atoms with Crippen molar-refractivity contribution in [2.75, 3.05) is 26.7 Å². The molecule has 0 bridgehead atoms. The molecule has 0 aliphatic carbocycles. The number of nitrogens with zero attached hydrogens (tertiary/aromatic N) is 2. The van der Waals surface area contributed by atoms with E-state index in [0.717, 1.165) is 4.90 Å². The summed E-state index contributed by atoms with van der Waals surface area (Å²) in [5, 5.41) is 8.59. The van der Waals surface area contributed by atoms with E-state index in [1.165, 1.54) is 4.90 Å². The molecule has 1 aliphatic rings. The fourth-order valence-electron chi connectivity index (χ4n) is 1.35. The van der Waals surface area contributed by atoms with Gasteiger partial charge in [0.2, 0.25) is 0 Å². The maximum absolute atomic E-state index is 12.3. The minimum absolute atomic E-state index is 0.108. The zero-order valence-electron chi connectivity index (χ0n) is 7.28. The van der Waals surface area contributed by atoms with Crippen molar-refractivity contribution in [2.45, 2.75) is 12.5 Å². The van der Waals surface area contributed by atoms with Gasteiger partial charge in [-0.25, -0.2) is 13.6 Å². The van der Waals surface area contributed by atoms with Gasteiger partial charge in [0.1, 0.15) is 0 Å². The van der Waals surface area contributed by atoms with Crippen LogP contribution in [0.5, 0.6) is 0 Å². The Labute approximate surface area is 74.7 Å².